The first-order chi connectivity index (χ1) is 8.55. The summed E-state index contributed by atoms with van der Waals surface area (Å²) in [6.07, 6.45) is 5.04. The van der Waals surface area contributed by atoms with Crippen molar-refractivity contribution in [3.63, 3.8) is 0 Å². The van der Waals surface area contributed by atoms with Crippen LogP contribution in [0, 0.1) is 5.92 Å². The smallest absolute Gasteiger partial charge is 0.0931 e. The monoisotopic (exact) mass is 286 g/mol. The Bertz CT molecular complexity index is 383. The summed E-state index contributed by atoms with van der Waals surface area (Å²) >= 11 is 7.67. The summed E-state index contributed by atoms with van der Waals surface area (Å²) in [6, 6.07) is 4.10. The molecule has 0 radical (unpaired) electrons. The summed E-state index contributed by atoms with van der Waals surface area (Å²) < 4.78 is 0.873. The van der Waals surface area contributed by atoms with Crippen molar-refractivity contribution < 1.29 is 0 Å². The SMILES string of the molecule is CC1CCC(CN)(N(C)Cc2ccc(Cl)s2)CC1. The molecule has 0 bridgehead atoms. The number of nitrogens with zero attached hydrogens (tertiary/aromatic N) is 1. The maximum absolute atomic E-state index is 6.08. The third-order valence-electron chi connectivity index (χ3n) is 4.42. The van der Waals surface area contributed by atoms with Gasteiger partial charge in [0.05, 0.1) is 4.34 Å². The van der Waals surface area contributed by atoms with Crippen LogP contribution in [0.4, 0.5) is 0 Å². The van der Waals surface area contributed by atoms with E-state index in [-0.39, 0.29) is 5.54 Å². The zero-order valence-electron chi connectivity index (χ0n) is 11.3. The average Bonchev–Trinajstić information content (AvgIpc) is 2.76. The summed E-state index contributed by atoms with van der Waals surface area (Å²) in [5, 5.41) is 0. The second-order valence-corrected chi connectivity index (χ2v) is 7.47. The molecule has 1 aliphatic rings. The molecule has 18 heavy (non-hydrogen) atoms. The molecule has 0 unspecified atom stereocenters. The van der Waals surface area contributed by atoms with E-state index in [1.807, 2.05) is 6.07 Å². The molecule has 4 heteroatoms. The lowest BCUT2D eigenvalue weighted by molar-refractivity contribution is 0.0624. The van der Waals surface area contributed by atoms with Crippen molar-refractivity contribution >= 4 is 22.9 Å². The van der Waals surface area contributed by atoms with Crippen LogP contribution in [-0.2, 0) is 6.54 Å². The lowest BCUT2D eigenvalue weighted by Gasteiger charge is -2.45. The van der Waals surface area contributed by atoms with Crippen LogP contribution < -0.4 is 5.73 Å². The van der Waals surface area contributed by atoms with Crippen LogP contribution in [-0.4, -0.2) is 24.0 Å². The molecule has 102 valence electrons. The van der Waals surface area contributed by atoms with Crippen molar-refractivity contribution in [2.75, 3.05) is 13.6 Å². The predicted octanol–water partition coefficient (Wildman–Crippen LogP) is 3.74. The third kappa shape index (κ3) is 3.08. The highest BCUT2D eigenvalue weighted by molar-refractivity contribution is 7.16. The first kappa shape index (κ1) is 14.3. The molecule has 1 heterocycles. The maximum atomic E-state index is 6.08. The molecule has 2 nitrogen and oxygen atoms in total. The molecule has 0 atom stereocenters. The van der Waals surface area contributed by atoms with Gasteiger partial charge in [-0.25, -0.2) is 0 Å². The highest BCUT2D eigenvalue weighted by Crippen LogP contribution is 2.36. The second-order valence-electron chi connectivity index (χ2n) is 5.67. The first-order valence-electron chi connectivity index (χ1n) is 6.71. The van der Waals surface area contributed by atoms with Gasteiger partial charge >= 0.3 is 0 Å². The Kier molecular flexibility index (Phi) is 4.70. The van der Waals surface area contributed by atoms with Gasteiger partial charge in [-0.1, -0.05) is 18.5 Å². The van der Waals surface area contributed by atoms with Crippen molar-refractivity contribution in [1.82, 2.24) is 4.90 Å². The molecule has 1 aliphatic carbocycles. The van der Waals surface area contributed by atoms with Crippen molar-refractivity contribution in [3.8, 4) is 0 Å². The van der Waals surface area contributed by atoms with Crippen LogP contribution in [0.15, 0.2) is 12.1 Å². The zero-order valence-corrected chi connectivity index (χ0v) is 12.9. The van der Waals surface area contributed by atoms with Crippen molar-refractivity contribution in [3.05, 3.63) is 21.3 Å². The number of thiophene rings is 1. The molecule has 0 saturated heterocycles. The molecule has 1 saturated carbocycles. The maximum Gasteiger partial charge on any atom is 0.0931 e. The minimum atomic E-state index is 0.197. The van der Waals surface area contributed by atoms with E-state index in [4.69, 9.17) is 17.3 Å². The van der Waals surface area contributed by atoms with Gasteiger partial charge in [-0.2, -0.15) is 0 Å². The molecular formula is C14H23ClN2S. The Morgan fingerprint density at radius 1 is 1.44 bits per heavy atom. The van der Waals surface area contributed by atoms with Gasteiger partial charge in [0, 0.05) is 23.5 Å². The van der Waals surface area contributed by atoms with E-state index >= 15 is 0 Å². The first-order valence-corrected chi connectivity index (χ1v) is 7.91. The molecule has 2 rings (SSSR count). The lowest BCUT2D eigenvalue weighted by Crippen LogP contribution is -2.53. The molecule has 1 fully saturated rings. The van der Waals surface area contributed by atoms with E-state index in [1.54, 1.807) is 11.3 Å². The van der Waals surface area contributed by atoms with E-state index in [2.05, 4.69) is 24.9 Å². The van der Waals surface area contributed by atoms with E-state index in [0.29, 0.717) is 0 Å². The van der Waals surface area contributed by atoms with Crippen LogP contribution >= 0.6 is 22.9 Å². The lowest BCUT2D eigenvalue weighted by atomic mass is 9.76. The molecule has 0 aliphatic heterocycles. The van der Waals surface area contributed by atoms with Crippen LogP contribution in [0.1, 0.15) is 37.5 Å². The number of hydrogen-bond donors (Lipinski definition) is 1. The van der Waals surface area contributed by atoms with E-state index in [1.165, 1.54) is 30.6 Å². The molecule has 0 amide bonds. The molecule has 0 aromatic carbocycles. The van der Waals surface area contributed by atoms with E-state index in [9.17, 15) is 0 Å². The number of rotatable bonds is 4. The van der Waals surface area contributed by atoms with Gasteiger partial charge in [0.25, 0.3) is 0 Å². The third-order valence-corrected chi connectivity index (χ3v) is 5.63. The van der Waals surface area contributed by atoms with E-state index in [0.717, 1.165) is 23.3 Å². The molecule has 1 aromatic heterocycles. The van der Waals surface area contributed by atoms with Crippen LogP contribution in [0.5, 0.6) is 0 Å². The Morgan fingerprint density at radius 3 is 2.61 bits per heavy atom. The molecule has 1 aromatic rings. The van der Waals surface area contributed by atoms with Crippen LogP contribution in [0.25, 0.3) is 0 Å². The van der Waals surface area contributed by atoms with Gasteiger partial charge in [0.15, 0.2) is 0 Å². The number of nitrogens with two attached hydrogens (primary N) is 1. The summed E-state index contributed by atoms with van der Waals surface area (Å²) in [4.78, 5) is 3.77. The fraction of sp³-hybridized carbons (Fsp3) is 0.714. The topological polar surface area (TPSA) is 29.3 Å². The summed E-state index contributed by atoms with van der Waals surface area (Å²) in [5.41, 5.74) is 6.28. The van der Waals surface area contributed by atoms with Crippen molar-refractivity contribution in [2.45, 2.75) is 44.7 Å². The summed E-state index contributed by atoms with van der Waals surface area (Å²) in [6.45, 7) is 4.07. The largest absolute Gasteiger partial charge is 0.329 e. The minimum Gasteiger partial charge on any atom is -0.329 e. The van der Waals surface area contributed by atoms with Gasteiger partial charge in [0.1, 0.15) is 0 Å². The highest BCUT2D eigenvalue weighted by Gasteiger charge is 2.36. The Balaban J connectivity index is 2.03. The van der Waals surface area contributed by atoms with E-state index < -0.39 is 0 Å². The number of hydrogen-bond acceptors (Lipinski definition) is 3. The second kappa shape index (κ2) is 5.91. The standard InChI is InChI=1S/C14H23ClN2S/c1-11-5-7-14(10-16,8-6-11)17(2)9-12-3-4-13(15)18-12/h3-4,11H,5-10,16H2,1-2H3. The quantitative estimate of drug-likeness (QED) is 0.914. The fourth-order valence-corrected chi connectivity index (χ4v) is 4.02. The van der Waals surface area contributed by atoms with Gasteiger partial charge in [-0.3, -0.25) is 4.90 Å². The molecule has 2 N–H and O–H groups in total. The van der Waals surface area contributed by atoms with Crippen LogP contribution in [0.3, 0.4) is 0 Å². The van der Waals surface area contributed by atoms with Gasteiger partial charge in [0.2, 0.25) is 0 Å². The van der Waals surface area contributed by atoms with Crippen LogP contribution in [0.2, 0.25) is 4.34 Å². The molecular weight excluding hydrogens is 264 g/mol. The fourth-order valence-electron chi connectivity index (χ4n) is 2.88. The highest BCUT2D eigenvalue weighted by atomic mass is 35.5. The predicted molar refractivity (Wildman–Crippen MR) is 80.2 cm³/mol. The van der Waals surface area contributed by atoms with Crippen molar-refractivity contribution in [2.24, 2.45) is 11.7 Å². The van der Waals surface area contributed by atoms with Gasteiger partial charge in [-0.05, 0) is 50.8 Å². The normalized spacial score (nSPS) is 28.8. The average molecular weight is 287 g/mol. The Morgan fingerprint density at radius 2 is 2.11 bits per heavy atom. The number of halogens is 1. The summed E-state index contributed by atoms with van der Waals surface area (Å²) in [7, 11) is 2.20. The zero-order chi connectivity index (χ0) is 13.2. The summed E-state index contributed by atoms with van der Waals surface area (Å²) in [5.74, 6) is 0.856. The minimum absolute atomic E-state index is 0.197. The Labute approximate surface area is 119 Å². The van der Waals surface area contributed by atoms with Gasteiger partial charge in [-0.15, -0.1) is 11.3 Å². The molecule has 0 spiro atoms. The van der Waals surface area contributed by atoms with Crippen molar-refractivity contribution in [1.29, 1.82) is 0 Å². The van der Waals surface area contributed by atoms with Gasteiger partial charge < -0.3 is 5.73 Å². The Hall–Kier alpha value is -0.0900. The number of likely N-dealkylation sites (N-methyl/N-ethyl adjacent to an activating group) is 1.